The molecule has 1 aromatic carbocycles. The monoisotopic (exact) mass is 275 g/mol. The van der Waals surface area contributed by atoms with E-state index in [4.69, 9.17) is 10.5 Å². The zero-order chi connectivity index (χ0) is 13.8. The van der Waals surface area contributed by atoms with Crippen molar-refractivity contribution in [3.05, 3.63) is 28.3 Å². The van der Waals surface area contributed by atoms with Crippen LogP contribution in [0.3, 0.4) is 0 Å². The van der Waals surface area contributed by atoms with E-state index in [-0.39, 0.29) is 23.7 Å². The second kappa shape index (κ2) is 5.76. The van der Waals surface area contributed by atoms with E-state index in [0.29, 0.717) is 0 Å². The first kappa shape index (κ1) is 14.4. The van der Waals surface area contributed by atoms with Crippen LogP contribution < -0.4 is 10.5 Å². The average Bonchev–Trinajstić information content (AvgIpc) is 2.29. The largest absolute Gasteiger partial charge is 0.393 e. The van der Waals surface area contributed by atoms with E-state index in [1.807, 2.05) is 0 Å². The van der Waals surface area contributed by atoms with Crippen molar-refractivity contribution in [1.29, 1.82) is 0 Å². The summed E-state index contributed by atoms with van der Waals surface area (Å²) in [6.45, 7) is 0.285. The molecule has 1 aromatic rings. The molecule has 0 radical (unpaired) electrons. The quantitative estimate of drug-likeness (QED) is 0.328. The number of hydrogen-bond donors (Lipinski definition) is 2. The molecule has 100 valence electrons. The van der Waals surface area contributed by atoms with Crippen LogP contribution in [0.1, 0.15) is 0 Å². The van der Waals surface area contributed by atoms with E-state index < -0.39 is 20.6 Å². The second-order valence-corrected chi connectivity index (χ2v) is 5.14. The Hall–Kier alpha value is -1.71. The zero-order valence-corrected chi connectivity index (χ0v) is 10.4. The molecule has 0 atom stereocenters. The van der Waals surface area contributed by atoms with Gasteiger partial charge in [0, 0.05) is 19.7 Å². The van der Waals surface area contributed by atoms with Crippen LogP contribution in [0.4, 0.5) is 11.4 Å². The third-order valence-corrected chi connectivity index (χ3v) is 3.57. The first-order chi connectivity index (χ1) is 8.38. The summed E-state index contributed by atoms with van der Waals surface area (Å²) in [4.78, 5) is 9.71. The standard InChI is InChI=1S/C9H13N3O5S/c1-17-5-4-11-18(15,16)7-2-3-8(10)9(6-7)12(13)14/h2-3,6,11H,4-5,10H2,1H3. The molecule has 8 nitrogen and oxygen atoms in total. The van der Waals surface area contributed by atoms with Gasteiger partial charge in [0.15, 0.2) is 0 Å². The number of rotatable bonds is 6. The van der Waals surface area contributed by atoms with Gasteiger partial charge in [0.25, 0.3) is 5.69 Å². The van der Waals surface area contributed by atoms with Crippen LogP contribution in [0, 0.1) is 10.1 Å². The summed E-state index contributed by atoms with van der Waals surface area (Å²) >= 11 is 0. The highest BCUT2D eigenvalue weighted by Crippen LogP contribution is 2.24. The topological polar surface area (TPSA) is 125 Å². The van der Waals surface area contributed by atoms with Crippen molar-refractivity contribution in [3.8, 4) is 0 Å². The first-order valence-electron chi connectivity index (χ1n) is 4.91. The molecule has 0 spiro atoms. The number of anilines is 1. The molecule has 0 aliphatic rings. The smallest absolute Gasteiger partial charge is 0.293 e. The first-order valence-corrected chi connectivity index (χ1v) is 6.39. The van der Waals surface area contributed by atoms with E-state index in [1.165, 1.54) is 19.2 Å². The molecule has 0 aliphatic carbocycles. The second-order valence-electron chi connectivity index (χ2n) is 3.37. The fraction of sp³-hybridized carbons (Fsp3) is 0.333. The minimum absolute atomic E-state index is 0.0804. The summed E-state index contributed by atoms with van der Waals surface area (Å²) in [7, 11) is -2.36. The summed E-state index contributed by atoms with van der Waals surface area (Å²) in [5.74, 6) is 0. The molecule has 3 N–H and O–H groups in total. The molecule has 9 heteroatoms. The SMILES string of the molecule is COCCNS(=O)(=O)c1ccc(N)c([N+](=O)[O-])c1. The number of hydrogen-bond acceptors (Lipinski definition) is 6. The molecular formula is C9H13N3O5S. The van der Waals surface area contributed by atoms with Gasteiger partial charge in [-0.3, -0.25) is 10.1 Å². The fourth-order valence-electron chi connectivity index (χ4n) is 1.21. The van der Waals surface area contributed by atoms with E-state index in [1.54, 1.807) is 0 Å². The Labute approximate surface area is 104 Å². The Morgan fingerprint density at radius 2 is 2.17 bits per heavy atom. The third-order valence-electron chi connectivity index (χ3n) is 2.11. The zero-order valence-electron chi connectivity index (χ0n) is 9.62. The molecule has 0 saturated heterocycles. The summed E-state index contributed by atoms with van der Waals surface area (Å²) in [5, 5.41) is 10.7. The minimum Gasteiger partial charge on any atom is -0.393 e. The summed E-state index contributed by atoms with van der Waals surface area (Å²) in [6.07, 6.45) is 0. The van der Waals surface area contributed by atoms with Gasteiger partial charge < -0.3 is 10.5 Å². The van der Waals surface area contributed by atoms with Gasteiger partial charge in [0.1, 0.15) is 5.69 Å². The molecule has 0 unspecified atom stereocenters. The number of sulfonamides is 1. The molecular weight excluding hydrogens is 262 g/mol. The fourth-order valence-corrected chi connectivity index (χ4v) is 2.24. The number of nitro groups is 1. The molecule has 0 bridgehead atoms. The Balaban J connectivity index is 3.02. The highest BCUT2D eigenvalue weighted by Gasteiger charge is 2.19. The molecule has 0 fully saturated rings. The molecule has 0 amide bonds. The lowest BCUT2D eigenvalue weighted by Gasteiger charge is -2.06. The van der Waals surface area contributed by atoms with Crippen molar-refractivity contribution in [3.63, 3.8) is 0 Å². The van der Waals surface area contributed by atoms with E-state index >= 15 is 0 Å². The molecule has 0 saturated carbocycles. The Bertz CT molecular complexity index is 543. The van der Waals surface area contributed by atoms with Gasteiger partial charge in [-0.05, 0) is 12.1 Å². The normalized spacial score (nSPS) is 11.4. The number of benzene rings is 1. The van der Waals surface area contributed by atoms with Crippen LogP contribution in [-0.4, -0.2) is 33.6 Å². The maximum absolute atomic E-state index is 11.8. The van der Waals surface area contributed by atoms with Crippen molar-refractivity contribution in [2.45, 2.75) is 4.90 Å². The van der Waals surface area contributed by atoms with E-state index in [9.17, 15) is 18.5 Å². The Morgan fingerprint density at radius 3 is 2.72 bits per heavy atom. The minimum atomic E-state index is -3.80. The van der Waals surface area contributed by atoms with Crippen molar-refractivity contribution in [2.75, 3.05) is 26.0 Å². The molecule has 18 heavy (non-hydrogen) atoms. The lowest BCUT2D eigenvalue weighted by Crippen LogP contribution is -2.27. The van der Waals surface area contributed by atoms with Crippen molar-refractivity contribution < 1.29 is 18.1 Å². The molecule has 0 aromatic heterocycles. The van der Waals surface area contributed by atoms with Gasteiger partial charge in [-0.15, -0.1) is 0 Å². The maximum Gasteiger partial charge on any atom is 0.293 e. The number of nitrogens with two attached hydrogens (primary N) is 1. The van der Waals surface area contributed by atoms with E-state index in [2.05, 4.69) is 4.72 Å². The number of nitrogen functional groups attached to an aromatic ring is 1. The lowest BCUT2D eigenvalue weighted by molar-refractivity contribution is -0.384. The number of nitrogens with one attached hydrogen (secondary N) is 1. The van der Waals surface area contributed by atoms with Crippen LogP contribution in [0.2, 0.25) is 0 Å². The van der Waals surface area contributed by atoms with Crippen LogP contribution in [0.25, 0.3) is 0 Å². The van der Waals surface area contributed by atoms with E-state index in [0.717, 1.165) is 6.07 Å². The summed E-state index contributed by atoms with van der Waals surface area (Å²) in [6, 6.07) is 3.31. The third kappa shape index (κ3) is 3.39. The molecule has 0 heterocycles. The van der Waals surface area contributed by atoms with Crippen LogP contribution in [0.15, 0.2) is 23.1 Å². The number of nitrogens with zero attached hydrogens (tertiary/aromatic N) is 1. The highest BCUT2D eigenvalue weighted by atomic mass is 32.2. The summed E-state index contributed by atoms with van der Waals surface area (Å²) < 4.78 is 30.5. The predicted molar refractivity (Wildman–Crippen MR) is 64.6 cm³/mol. The molecule has 0 aliphatic heterocycles. The van der Waals surface area contributed by atoms with Crippen LogP contribution >= 0.6 is 0 Å². The van der Waals surface area contributed by atoms with Crippen molar-refractivity contribution >= 4 is 21.4 Å². The van der Waals surface area contributed by atoms with Crippen molar-refractivity contribution in [2.24, 2.45) is 0 Å². The average molecular weight is 275 g/mol. The predicted octanol–water partition coefficient (Wildman–Crippen LogP) is 0.102. The Morgan fingerprint density at radius 1 is 1.50 bits per heavy atom. The van der Waals surface area contributed by atoms with Crippen LogP contribution in [-0.2, 0) is 14.8 Å². The maximum atomic E-state index is 11.8. The van der Waals surface area contributed by atoms with Gasteiger partial charge in [0.2, 0.25) is 10.0 Å². The van der Waals surface area contributed by atoms with Gasteiger partial charge >= 0.3 is 0 Å². The van der Waals surface area contributed by atoms with Gasteiger partial charge in [0.05, 0.1) is 16.4 Å². The summed E-state index contributed by atoms with van der Waals surface area (Å²) in [5.41, 5.74) is 4.85. The highest BCUT2D eigenvalue weighted by molar-refractivity contribution is 7.89. The Kier molecular flexibility index (Phi) is 4.59. The van der Waals surface area contributed by atoms with Gasteiger partial charge in [-0.25, -0.2) is 13.1 Å². The number of ether oxygens (including phenoxy) is 1. The van der Waals surface area contributed by atoms with Gasteiger partial charge in [-0.2, -0.15) is 0 Å². The molecule has 1 rings (SSSR count). The number of methoxy groups -OCH3 is 1. The van der Waals surface area contributed by atoms with Crippen LogP contribution in [0.5, 0.6) is 0 Å². The van der Waals surface area contributed by atoms with Crippen molar-refractivity contribution in [1.82, 2.24) is 4.72 Å². The number of nitro benzene ring substituents is 1. The lowest BCUT2D eigenvalue weighted by atomic mass is 10.3. The van der Waals surface area contributed by atoms with Gasteiger partial charge in [-0.1, -0.05) is 0 Å².